The molecule has 0 aliphatic carbocycles. The van der Waals surface area contributed by atoms with E-state index in [1.165, 1.54) is 24.3 Å². The minimum Gasteiger partial charge on any atom is -0.338 e. The molecule has 0 saturated carbocycles. The van der Waals surface area contributed by atoms with Crippen LogP contribution >= 0.6 is 0 Å². The molecule has 1 aliphatic rings. The van der Waals surface area contributed by atoms with Gasteiger partial charge < -0.3 is 10.2 Å². The van der Waals surface area contributed by atoms with E-state index in [0.717, 1.165) is 17.6 Å². The Balaban J connectivity index is 1.38. The number of likely N-dealkylation sites (tertiary alicyclic amines) is 1. The smallest absolute Gasteiger partial charge is 0.253 e. The molecule has 1 aliphatic heterocycles. The summed E-state index contributed by atoms with van der Waals surface area (Å²) in [6, 6.07) is 20.9. The van der Waals surface area contributed by atoms with Gasteiger partial charge in [0.2, 0.25) is 5.91 Å². The molecule has 1 unspecified atom stereocenters. The summed E-state index contributed by atoms with van der Waals surface area (Å²) >= 11 is 0. The fourth-order valence-electron chi connectivity index (χ4n) is 4.28. The third kappa shape index (κ3) is 4.22. The van der Waals surface area contributed by atoms with Crippen LogP contribution in [0.25, 0.3) is 16.9 Å². The zero-order valence-corrected chi connectivity index (χ0v) is 17.9. The quantitative estimate of drug-likeness (QED) is 0.501. The van der Waals surface area contributed by atoms with Crippen LogP contribution in [0.1, 0.15) is 23.2 Å². The van der Waals surface area contributed by atoms with E-state index in [-0.39, 0.29) is 23.5 Å². The van der Waals surface area contributed by atoms with Gasteiger partial charge in [-0.05, 0) is 49.2 Å². The van der Waals surface area contributed by atoms with Crippen molar-refractivity contribution in [1.82, 2.24) is 14.3 Å². The maximum atomic E-state index is 13.3. The van der Waals surface area contributed by atoms with Gasteiger partial charge in [0.1, 0.15) is 23.0 Å². The number of piperidine rings is 1. The van der Waals surface area contributed by atoms with Crippen molar-refractivity contribution in [3.8, 4) is 11.3 Å². The molecule has 0 bridgehead atoms. The van der Waals surface area contributed by atoms with Crippen LogP contribution in [0.4, 0.5) is 10.2 Å². The number of anilines is 1. The summed E-state index contributed by atoms with van der Waals surface area (Å²) < 4.78 is 15.1. The van der Waals surface area contributed by atoms with E-state index in [0.29, 0.717) is 36.6 Å². The maximum Gasteiger partial charge on any atom is 0.253 e. The number of nitrogens with one attached hydrogen (secondary N) is 1. The second-order valence-electron chi connectivity index (χ2n) is 8.19. The summed E-state index contributed by atoms with van der Waals surface area (Å²) in [7, 11) is 0. The van der Waals surface area contributed by atoms with Crippen molar-refractivity contribution in [3.05, 3.63) is 90.4 Å². The topological polar surface area (TPSA) is 66.7 Å². The molecule has 1 saturated heterocycles. The van der Waals surface area contributed by atoms with Crippen LogP contribution in [0.15, 0.2) is 79.0 Å². The summed E-state index contributed by atoms with van der Waals surface area (Å²) in [6.07, 6.45) is 3.29. The molecule has 1 fully saturated rings. The van der Waals surface area contributed by atoms with Gasteiger partial charge in [-0.3, -0.25) is 14.0 Å². The molecule has 6 nitrogen and oxygen atoms in total. The van der Waals surface area contributed by atoms with Gasteiger partial charge >= 0.3 is 0 Å². The Labute approximate surface area is 190 Å². The molecule has 5 rings (SSSR count). The van der Waals surface area contributed by atoms with Gasteiger partial charge in [0, 0.05) is 30.4 Å². The van der Waals surface area contributed by atoms with Gasteiger partial charge in [-0.1, -0.05) is 36.4 Å². The molecule has 2 aromatic heterocycles. The Morgan fingerprint density at radius 3 is 2.52 bits per heavy atom. The normalized spacial score (nSPS) is 16.0. The van der Waals surface area contributed by atoms with E-state index in [1.54, 1.807) is 4.90 Å². The fourth-order valence-corrected chi connectivity index (χ4v) is 4.28. The Morgan fingerprint density at radius 1 is 0.970 bits per heavy atom. The lowest BCUT2D eigenvalue weighted by Crippen LogP contribution is -2.43. The van der Waals surface area contributed by atoms with Gasteiger partial charge in [-0.25, -0.2) is 9.37 Å². The first kappa shape index (κ1) is 20.9. The first-order valence-corrected chi connectivity index (χ1v) is 11.0. The van der Waals surface area contributed by atoms with Gasteiger partial charge in [0.25, 0.3) is 5.91 Å². The third-order valence-corrected chi connectivity index (χ3v) is 5.99. The van der Waals surface area contributed by atoms with E-state index < -0.39 is 0 Å². The molecule has 2 amide bonds. The highest BCUT2D eigenvalue weighted by atomic mass is 19.1. The molecular weight excluding hydrogens is 419 g/mol. The average molecular weight is 442 g/mol. The molecule has 166 valence electrons. The van der Waals surface area contributed by atoms with Crippen LogP contribution in [-0.4, -0.2) is 39.2 Å². The molecule has 2 aromatic carbocycles. The Kier molecular flexibility index (Phi) is 5.60. The van der Waals surface area contributed by atoms with Crippen molar-refractivity contribution in [2.24, 2.45) is 5.92 Å². The fraction of sp³-hybridized carbons (Fsp3) is 0.192. The van der Waals surface area contributed by atoms with E-state index in [2.05, 4.69) is 5.32 Å². The molecule has 33 heavy (non-hydrogen) atoms. The van der Waals surface area contributed by atoms with Gasteiger partial charge in [0.15, 0.2) is 0 Å². The molecule has 4 aromatic rings. The summed E-state index contributed by atoms with van der Waals surface area (Å²) in [6.45, 7) is 0.893. The van der Waals surface area contributed by atoms with Crippen LogP contribution < -0.4 is 5.32 Å². The van der Waals surface area contributed by atoms with Crippen molar-refractivity contribution >= 4 is 23.3 Å². The van der Waals surface area contributed by atoms with E-state index in [1.807, 2.05) is 59.1 Å². The summed E-state index contributed by atoms with van der Waals surface area (Å²) in [5, 5.41) is 3.08. The number of rotatable bonds is 4. The largest absolute Gasteiger partial charge is 0.338 e. The number of hydrogen-bond donors (Lipinski definition) is 1. The van der Waals surface area contributed by atoms with Crippen molar-refractivity contribution in [2.75, 3.05) is 18.4 Å². The summed E-state index contributed by atoms with van der Waals surface area (Å²) in [5.74, 6) is -0.448. The summed E-state index contributed by atoms with van der Waals surface area (Å²) in [5.41, 5.74) is 2.77. The van der Waals surface area contributed by atoms with Crippen molar-refractivity contribution in [3.63, 3.8) is 0 Å². The zero-order chi connectivity index (χ0) is 22.8. The van der Waals surface area contributed by atoms with Crippen LogP contribution in [0, 0.1) is 11.7 Å². The molecule has 7 heteroatoms. The van der Waals surface area contributed by atoms with Crippen molar-refractivity contribution in [1.29, 1.82) is 0 Å². The number of aromatic nitrogens is 2. The number of amides is 2. The van der Waals surface area contributed by atoms with E-state index in [9.17, 15) is 14.0 Å². The monoisotopic (exact) mass is 442 g/mol. The SMILES string of the molecule is O=C(Nc1c(-c2ccccc2)nc2ccccn12)C1CCCN(C(=O)c2ccc(F)cc2)C1. The van der Waals surface area contributed by atoms with Gasteiger partial charge in [-0.15, -0.1) is 0 Å². The molecule has 0 spiro atoms. The first-order chi connectivity index (χ1) is 16.1. The minimum absolute atomic E-state index is 0.144. The van der Waals surface area contributed by atoms with Gasteiger partial charge in [0.05, 0.1) is 5.92 Å². The number of pyridine rings is 1. The summed E-state index contributed by atoms with van der Waals surface area (Å²) in [4.78, 5) is 32.6. The molecular formula is C26H23FN4O2. The maximum absolute atomic E-state index is 13.3. The number of nitrogens with zero attached hydrogens (tertiary/aromatic N) is 3. The lowest BCUT2D eigenvalue weighted by Gasteiger charge is -2.32. The van der Waals surface area contributed by atoms with E-state index in [4.69, 9.17) is 4.98 Å². The molecule has 1 N–H and O–H groups in total. The Bertz CT molecular complexity index is 1300. The number of hydrogen-bond acceptors (Lipinski definition) is 3. The predicted octanol–water partition coefficient (Wildman–Crippen LogP) is 4.63. The molecule has 0 radical (unpaired) electrons. The predicted molar refractivity (Wildman–Crippen MR) is 124 cm³/mol. The highest BCUT2D eigenvalue weighted by Crippen LogP contribution is 2.30. The lowest BCUT2D eigenvalue weighted by molar-refractivity contribution is -0.121. The number of fused-ring (bicyclic) bond motifs is 1. The molecule has 3 heterocycles. The lowest BCUT2D eigenvalue weighted by atomic mass is 9.96. The number of carbonyl (C=O) groups is 2. The Hall–Kier alpha value is -4.00. The second kappa shape index (κ2) is 8.86. The van der Waals surface area contributed by atoms with Crippen molar-refractivity contribution in [2.45, 2.75) is 12.8 Å². The Morgan fingerprint density at radius 2 is 1.73 bits per heavy atom. The number of halogens is 1. The number of benzene rings is 2. The van der Waals surface area contributed by atoms with Gasteiger partial charge in [-0.2, -0.15) is 0 Å². The van der Waals surface area contributed by atoms with Crippen molar-refractivity contribution < 1.29 is 14.0 Å². The van der Waals surface area contributed by atoms with Crippen LogP contribution in [-0.2, 0) is 4.79 Å². The first-order valence-electron chi connectivity index (χ1n) is 11.0. The van der Waals surface area contributed by atoms with Crippen LogP contribution in [0.3, 0.4) is 0 Å². The highest BCUT2D eigenvalue weighted by Gasteiger charge is 2.30. The third-order valence-electron chi connectivity index (χ3n) is 5.99. The molecule has 1 atom stereocenters. The number of imidazole rings is 1. The van der Waals surface area contributed by atoms with E-state index >= 15 is 0 Å². The average Bonchev–Trinajstić information content (AvgIpc) is 3.23. The van der Waals surface area contributed by atoms with Crippen LogP contribution in [0.5, 0.6) is 0 Å². The zero-order valence-electron chi connectivity index (χ0n) is 17.9. The minimum atomic E-state index is -0.385. The second-order valence-corrected chi connectivity index (χ2v) is 8.19. The number of carbonyl (C=O) groups excluding carboxylic acids is 2. The van der Waals surface area contributed by atoms with Crippen LogP contribution in [0.2, 0.25) is 0 Å². The standard InChI is InChI=1S/C26H23FN4O2/c27-21-13-11-19(12-14-21)26(33)30-15-6-9-20(17-30)25(32)29-24-23(18-7-2-1-3-8-18)28-22-10-4-5-16-31(22)24/h1-5,7-8,10-14,16,20H,6,9,15,17H2,(H,29,32). The highest BCUT2D eigenvalue weighted by molar-refractivity contribution is 5.98.